The highest BCUT2D eigenvalue weighted by Crippen LogP contribution is 2.05. The number of pyridine rings is 1. The van der Waals surface area contributed by atoms with E-state index in [1.807, 2.05) is 12.1 Å². The molecule has 0 aliphatic carbocycles. The van der Waals surface area contributed by atoms with Gasteiger partial charge in [-0.25, -0.2) is 4.79 Å². The second-order valence-electron chi connectivity index (χ2n) is 6.26. The lowest BCUT2D eigenvalue weighted by Gasteiger charge is -2.35. The number of carbonyl (C=O) groups is 1. The molecule has 2 rings (SSSR count). The fourth-order valence-electron chi connectivity index (χ4n) is 2.81. The van der Waals surface area contributed by atoms with Gasteiger partial charge in [0.2, 0.25) is 0 Å². The molecule has 23 heavy (non-hydrogen) atoms. The summed E-state index contributed by atoms with van der Waals surface area (Å²) in [6, 6.07) is 3.71. The number of amides is 2. The van der Waals surface area contributed by atoms with Crippen molar-refractivity contribution >= 4 is 6.03 Å². The number of aromatic nitrogens is 1. The van der Waals surface area contributed by atoms with Gasteiger partial charge in [0.05, 0.1) is 0 Å². The number of hydrogen-bond acceptors (Lipinski definition) is 4. The van der Waals surface area contributed by atoms with Gasteiger partial charge in [0.15, 0.2) is 0 Å². The van der Waals surface area contributed by atoms with Crippen molar-refractivity contribution in [1.29, 1.82) is 0 Å². The Morgan fingerprint density at radius 2 is 2.00 bits per heavy atom. The second-order valence-corrected chi connectivity index (χ2v) is 6.26. The lowest BCUT2D eigenvalue weighted by Crippen LogP contribution is -2.48. The molecule has 0 bridgehead atoms. The standard InChI is InChI=1S/C17H29N5O/c1-3-21-7-9-22(10-8-21)14-15(2)11-19-17(23)20-13-16-5-4-6-18-12-16/h4-6,12,15H,3,7-11,13-14H2,1-2H3,(H2,19,20,23)/t15-/m1/s1. The molecular weight excluding hydrogens is 290 g/mol. The van der Waals surface area contributed by atoms with Gasteiger partial charge in [-0.2, -0.15) is 0 Å². The summed E-state index contributed by atoms with van der Waals surface area (Å²) in [5.74, 6) is 0.451. The summed E-state index contributed by atoms with van der Waals surface area (Å²) >= 11 is 0. The van der Waals surface area contributed by atoms with Crippen LogP contribution in [0, 0.1) is 5.92 Å². The lowest BCUT2D eigenvalue weighted by molar-refractivity contribution is 0.124. The Morgan fingerprint density at radius 3 is 2.65 bits per heavy atom. The molecule has 1 aliphatic rings. The third-order valence-electron chi connectivity index (χ3n) is 4.27. The molecule has 1 aliphatic heterocycles. The maximum atomic E-state index is 11.8. The Labute approximate surface area is 139 Å². The van der Waals surface area contributed by atoms with Crippen molar-refractivity contribution in [2.24, 2.45) is 5.92 Å². The average molecular weight is 319 g/mol. The smallest absolute Gasteiger partial charge is 0.315 e. The predicted octanol–water partition coefficient (Wildman–Crippen LogP) is 1.15. The highest BCUT2D eigenvalue weighted by Gasteiger charge is 2.17. The van der Waals surface area contributed by atoms with Crippen LogP contribution in [0.1, 0.15) is 19.4 Å². The largest absolute Gasteiger partial charge is 0.338 e. The van der Waals surface area contributed by atoms with E-state index in [-0.39, 0.29) is 6.03 Å². The molecule has 1 fully saturated rings. The number of nitrogens with one attached hydrogen (secondary N) is 2. The van der Waals surface area contributed by atoms with E-state index in [0.717, 1.165) is 44.8 Å². The van der Waals surface area contributed by atoms with Gasteiger partial charge < -0.3 is 20.4 Å². The fourth-order valence-corrected chi connectivity index (χ4v) is 2.81. The third kappa shape index (κ3) is 6.54. The number of nitrogens with zero attached hydrogens (tertiary/aromatic N) is 3. The molecule has 128 valence electrons. The SMILES string of the molecule is CCN1CCN(C[C@H](C)CNC(=O)NCc2cccnc2)CC1. The zero-order valence-corrected chi connectivity index (χ0v) is 14.3. The van der Waals surface area contributed by atoms with E-state index in [4.69, 9.17) is 0 Å². The molecule has 6 heteroatoms. The first-order chi connectivity index (χ1) is 11.2. The number of hydrogen-bond donors (Lipinski definition) is 2. The Kier molecular flexibility index (Phi) is 7.29. The summed E-state index contributed by atoms with van der Waals surface area (Å²) in [6.45, 7) is 12.4. The maximum Gasteiger partial charge on any atom is 0.315 e. The zero-order chi connectivity index (χ0) is 16.5. The van der Waals surface area contributed by atoms with Gasteiger partial charge in [-0.15, -0.1) is 0 Å². The van der Waals surface area contributed by atoms with E-state index in [9.17, 15) is 4.79 Å². The van der Waals surface area contributed by atoms with Crippen LogP contribution in [0.3, 0.4) is 0 Å². The first kappa shape index (κ1) is 17.7. The summed E-state index contributed by atoms with van der Waals surface area (Å²) in [4.78, 5) is 20.8. The van der Waals surface area contributed by atoms with E-state index in [1.54, 1.807) is 12.4 Å². The monoisotopic (exact) mass is 319 g/mol. The summed E-state index contributed by atoms with van der Waals surface area (Å²) in [5.41, 5.74) is 1.00. The molecule has 2 heterocycles. The van der Waals surface area contributed by atoms with Gasteiger partial charge in [-0.1, -0.05) is 19.9 Å². The van der Waals surface area contributed by atoms with Crippen LogP contribution in [0.4, 0.5) is 4.79 Å². The molecule has 1 aromatic heterocycles. The molecule has 0 radical (unpaired) electrons. The molecule has 6 nitrogen and oxygen atoms in total. The molecule has 1 saturated heterocycles. The Bertz CT molecular complexity index is 459. The minimum Gasteiger partial charge on any atom is -0.338 e. The van der Waals surface area contributed by atoms with E-state index in [2.05, 4.69) is 39.3 Å². The fraction of sp³-hybridized carbons (Fsp3) is 0.647. The molecule has 2 amide bonds. The lowest BCUT2D eigenvalue weighted by atomic mass is 10.1. The van der Waals surface area contributed by atoms with Crippen LogP contribution in [0.2, 0.25) is 0 Å². The number of likely N-dealkylation sites (N-methyl/N-ethyl adjacent to an activating group) is 1. The Hall–Kier alpha value is -1.66. The van der Waals surface area contributed by atoms with Gasteiger partial charge in [-0.05, 0) is 24.1 Å². The van der Waals surface area contributed by atoms with Crippen LogP contribution in [-0.2, 0) is 6.54 Å². The quantitative estimate of drug-likeness (QED) is 0.792. The van der Waals surface area contributed by atoms with E-state index >= 15 is 0 Å². The second kappa shape index (κ2) is 9.47. The van der Waals surface area contributed by atoms with Crippen LogP contribution in [0.15, 0.2) is 24.5 Å². The van der Waals surface area contributed by atoms with Gasteiger partial charge in [0.1, 0.15) is 0 Å². The van der Waals surface area contributed by atoms with E-state index in [1.165, 1.54) is 0 Å². The van der Waals surface area contributed by atoms with Crippen molar-refractivity contribution < 1.29 is 4.79 Å². The van der Waals surface area contributed by atoms with Crippen LogP contribution in [0.25, 0.3) is 0 Å². The molecule has 0 unspecified atom stereocenters. The minimum atomic E-state index is -0.114. The highest BCUT2D eigenvalue weighted by molar-refractivity contribution is 5.73. The summed E-state index contributed by atoms with van der Waals surface area (Å²) in [6.07, 6.45) is 3.49. The van der Waals surface area contributed by atoms with Crippen molar-refractivity contribution in [3.8, 4) is 0 Å². The van der Waals surface area contributed by atoms with Gasteiger partial charge in [-0.3, -0.25) is 4.98 Å². The highest BCUT2D eigenvalue weighted by atomic mass is 16.2. The van der Waals surface area contributed by atoms with Crippen LogP contribution >= 0.6 is 0 Å². The van der Waals surface area contributed by atoms with Crippen molar-refractivity contribution in [3.05, 3.63) is 30.1 Å². The normalized spacial score (nSPS) is 17.7. The zero-order valence-electron chi connectivity index (χ0n) is 14.3. The molecule has 2 N–H and O–H groups in total. The van der Waals surface area contributed by atoms with Crippen molar-refractivity contribution in [2.45, 2.75) is 20.4 Å². The topological polar surface area (TPSA) is 60.5 Å². The van der Waals surface area contributed by atoms with Crippen molar-refractivity contribution in [2.75, 3.05) is 45.8 Å². The Morgan fingerprint density at radius 1 is 1.26 bits per heavy atom. The van der Waals surface area contributed by atoms with Crippen molar-refractivity contribution in [1.82, 2.24) is 25.4 Å². The number of piperazine rings is 1. The summed E-state index contributed by atoms with van der Waals surface area (Å²) in [5, 5.41) is 5.82. The number of rotatable bonds is 7. The molecule has 0 aromatic carbocycles. The first-order valence-corrected chi connectivity index (χ1v) is 8.52. The number of carbonyl (C=O) groups excluding carboxylic acids is 1. The van der Waals surface area contributed by atoms with E-state index in [0.29, 0.717) is 19.0 Å². The van der Waals surface area contributed by atoms with Crippen molar-refractivity contribution in [3.63, 3.8) is 0 Å². The van der Waals surface area contributed by atoms with Gasteiger partial charge in [0.25, 0.3) is 0 Å². The molecule has 1 aromatic rings. The Balaban J connectivity index is 1.58. The molecular formula is C17H29N5O. The number of urea groups is 1. The van der Waals surface area contributed by atoms with Crippen LogP contribution in [-0.4, -0.2) is 66.6 Å². The third-order valence-corrected chi connectivity index (χ3v) is 4.27. The average Bonchev–Trinajstić information content (AvgIpc) is 2.60. The van der Waals surface area contributed by atoms with Gasteiger partial charge in [0, 0.05) is 58.2 Å². The summed E-state index contributed by atoms with van der Waals surface area (Å²) < 4.78 is 0. The molecule has 0 spiro atoms. The minimum absolute atomic E-state index is 0.114. The van der Waals surface area contributed by atoms with Crippen LogP contribution < -0.4 is 10.6 Å². The first-order valence-electron chi connectivity index (χ1n) is 8.52. The van der Waals surface area contributed by atoms with Gasteiger partial charge >= 0.3 is 6.03 Å². The molecule has 0 saturated carbocycles. The summed E-state index contributed by atoms with van der Waals surface area (Å²) in [7, 11) is 0. The molecule has 1 atom stereocenters. The maximum absolute atomic E-state index is 11.8. The predicted molar refractivity (Wildman–Crippen MR) is 92.2 cm³/mol. The van der Waals surface area contributed by atoms with E-state index < -0.39 is 0 Å². The van der Waals surface area contributed by atoms with Crippen LogP contribution in [0.5, 0.6) is 0 Å².